The molecule has 9 nitrogen and oxygen atoms in total. The lowest BCUT2D eigenvalue weighted by atomic mass is 9.95. The molecule has 4 heterocycles. The summed E-state index contributed by atoms with van der Waals surface area (Å²) < 4.78 is 11.1. The molecule has 1 aromatic carbocycles. The molecule has 3 aromatic rings. The second kappa shape index (κ2) is 6.46. The largest absolute Gasteiger partial charge is 0.495 e. The van der Waals surface area contributed by atoms with Gasteiger partial charge in [0.1, 0.15) is 17.1 Å². The van der Waals surface area contributed by atoms with Gasteiger partial charge in [0, 0.05) is 24.3 Å². The number of benzene rings is 1. The average Bonchev–Trinajstić information content (AvgIpc) is 3.37. The summed E-state index contributed by atoms with van der Waals surface area (Å²) in [6.45, 7) is 0.0918. The van der Waals surface area contributed by atoms with Crippen LogP contribution in [0.3, 0.4) is 0 Å². The fraction of sp³-hybridized carbons (Fsp3) is 0.200. The number of carbonyl (C=O) groups excluding carboxylic acids is 3. The highest BCUT2D eigenvalue weighted by molar-refractivity contribution is 6.35. The van der Waals surface area contributed by atoms with E-state index >= 15 is 0 Å². The van der Waals surface area contributed by atoms with E-state index in [9.17, 15) is 14.4 Å². The zero-order valence-corrected chi connectivity index (χ0v) is 16.4. The predicted octanol–water partition coefficient (Wildman–Crippen LogP) is 2.18. The van der Waals surface area contributed by atoms with Gasteiger partial charge in [-0.1, -0.05) is 17.7 Å². The summed E-state index contributed by atoms with van der Waals surface area (Å²) in [5.41, 5.74) is -0.0361. The summed E-state index contributed by atoms with van der Waals surface area (Å²) in [6, 6.07) is 6.07. The number of hydrogen-bond acceptors (Lipinski definition) is 6. The van der Waals surface area contributed by atoms with Crippen LogP contribution in [-0.2, 0) is 16.9 Å². The van der Waals surface area contributed by atoms with E-state index < -0.39 is 17.5 Å². The van der Waals surface area contributed by atoms with Gasteiger partial charge in [0.2, 0.25) is 0 Å². The summed E-state index contributed by atoms with van der Waals surface area (Å²) in [7, 11) is 1.47. The van der Waals surface area contributed by atoms with Crippen LogP contribution in [0.25, 0.3) is 11.0 Å². The highest BCUT2D eigenvalue weighted by Gasteiger charge is 2.53. The van der Waals surface area contributed by atoms with Crippen molar-refractivity contribution in [1.82, 2.24) is 20.5 Å². The first-order valence-electron chi connectivity index (χ1n) is 9.05. The number of nitrogens with one attached hydrogen (secondary N) is 2. The molecule has 1 saturated heterocycles. The van der Waals surface area contributed by atoms with Crippen LogP contribution < -0.4 is 15.4 Å². The maximum absolute atomic E-state index is 13.1. The SMILES string of the molecule is COc1ccc2c(c1Cl)C(=O)N(CC1(c3cc4cnccc4o3)NC(=O)NC1=O)C2. The van der Waals surface area contributed by atoms with Crippen molar-refractivity contribution >= 4 is 40.4 Å². The van der Waals surface area contributed by atoms with E-state index in [1.165, 1.54) is 12.0 Å². The molecule has 1 unspecified atom stereocenters. The summed E-state index contributed by atoms with van der Waals surface area (Å²) in [4.78, 5) is 43.5. The van der Waals surface area contributed by atoms with Crippen LogP contribution >= 0.6 is 11.6 Å². The van der Waals surface area contributed by atoms with Crippen LogP contribution in [-0.4, -0.2) is 41.4 Å². The molecule has 152 valence electrons. The van der Waals surface area contributed by atoms with E-state index in [-0.39, 0.29) is 29.8 Å². The van der Waals surface area contributed by atoms with Gasteiger partial charge >= 0.3 is 6.03 Å². The molecule has 5 rings (SSSR count). The van der Waals surface area contributed by atoms with Crippen molar-refractivity contribution in [2.45, 2.75) is 12.1 Å². The number of methoxy groups -OCH3 is 1. The van der Waals surface area contributed by atoms with Gasteiger partial charge in [0.25, 0.3) is 11.8 Å². The molecule has 0 spiro atoms. The topological polar surface area (TPSA) is 114 Å². The van der Waals surface area contributed by atoms with Crippen molar-refractivity contribution in [2.24, 2.45) is 0 Å². The molecule has 10 heteroatoms. The number of amides is 4. The van der Waals surface area contributed by atoms with Crippen LogP contribution in [0.15, 0.2) is 41.1 Å². The third-order valence-corrected chi connectivity index (χ3v) is 5.76. The fourth-order valence-corrected chi connectivity index (χ4v) is 4.26. The first-order valence-corrected chi connectivity index (χ1v) is 9.43. The minimum atomic E-state index is -1.58. The van der Waals surface area contributed by atoms with Crippen LogP contribution in [0.1, 0.15) is 21.7 Å². The Bertz CT molecular complexity index is 1210. The maximum atomic E-state index is 13.1. The lowest BCUT2D eigenvalue weighted by molar-refractivity contribution is -0.125. The van der Waals surface area contributed by atoms with Gasteiger partial charge in [-0.2, -0.15) is 0 Å². The molecule has 1 fully saturated rings. The van der Waals surface area contributed by atoms with Crippen molar-refractivity contribution in [3.63, 3.8) is 0 Å². The van der Waals surface area contributed by atoms with Crippen LogP contribution in [0, 0.1) is 0 Å². The summed E-state index contributed by atoms with van der Waals surface area (Å²) in [5.74, 6) is -0.370. The van der Waals surface area contributed by atoms with Crippen molar-refractivity contribution in [1.29, 1.82) is 0 Å². The van der Waals surface area contributed by atoms with Crippen LogP contribution in [0.4, 0.5) is 4.79 Å². The number of urea groups is 1. The molecule has 1 atom stereocenters. The number of imide groups is 1. The lowest BCUT2D eigenvalue weighted by Gasteiger charge is -2.29. The molecule has 2 aliphatic heterocycles. The van der Waals surface area contributed by atoms with Gasteiger partial charge in [-0.3, -0.25) is 19.9 Å². The van der Waals surface area contributed by atoms with E-state index in [4.69, 9.17) is 20.8 Å². The summed E-state index contributed by atoms with van der Waals surface area (Å²) in [6.07, 6.45) is 3.15. The number of ether oxygens (including phenoxy) is 1. The minimum Gasteiger partial charge on any atom is -0.495 e. The number of rotatable bonds is 4. The number of pyridine rings is 1. The second-order valence-corrected chi connectivity index (χ2v) is 7.49. The van der Waals surface area contributed by atoms with Gasteiger partial charge in [-0.25, -0.2) is 4.79 Å². The van der Waals surface area contributed by atoms with Gasteiger partial charge in [-0.05, 0) is 23.8 Å². The molecule has 30 heavy (non-hydrogen) atoms. The molecule has 0 bridgehead atoms. The first kappa shape index (κ1) is 18.4. The van der Waals surface area contributed by atoms with E-state index in [2.05, 4.69) is 15.6 Å². The monoisotopic (exact) mass is 426 g/mol. The van der Waals surface area contributed by atoms with Crippen molar-refractivity contribution < 1.29 is 23.5 Å². The van der Waals surface area contributed by atoms with Crippen molar-refractivity contribution in [3.05, 3.63) is 58.6 Å². The molecule has 2 N–H and O–H groups in total. The third kappa shape index (κ3) is 2.55. The summed E-state index contributed by atoms with van der Waals surface area (Å²) >= 11 is 6.34. The first-order chi connectivity index (χ1) is 14.4. The molecule has 0 aliphatic carbocycles. The Kier molecular flexibility index (Phi) is 3.97. The van der Waals surface area contributed by atoms with Gasteiger partial charge < -0.3 is 19.4 Å². The fourth-order valence-electron chi connectivity index (χ4n) is 3.92. The Morgan fingerprint density at radius 1 is 1.30 bits per heavy atom. The number of carbonyl (C=O) groups is 3. The zero-order chi connectivity index (χ0) is 21.0. The van der Waals surface area contributed by atoms with Crippen LogP contribution in [0.2, 0.25) is 5.02 Å². The molecule has 0 saturated carbocycles. The Hall–Kier alpha value is -3.59. The Balaban J connectivity index is 1.56. The standard InChI is InChI=1S/C20H15ClN4O5/c1-29-13-3-2-10-8-25(17(26)15(10)16(13)21)9-20(18(27)23-19(28)24-20)14-6-11-7-22-5-4-12(11)30-14/h2-7H,8-9H2,1H3,(H2,23,24,27,28). The summed E-state index contributed by atoms with van der Waals surface area (Å²) in [5, 5.41) is 5.77. The van der Waals surface area contributed by atoms with E-state index in [0.29, 0.717) is 27.8 Å². The number of aromatic nitrogens is 1. The van der Waals surface area contributed by atoms with E-state index in [0.717, 1.165) is 0 Å². The smallest absolute Gasteiger partial charge is 0.322 e. The average molecular weight is 427 g/mol. The quantitative estimate of drug-likeness (QED) is 0.618. The molecule has 2 aliphatic rings. The Morgan fingerprint density at radius 3 is 2.83 bits per heavy atom. The number of halogens is 1. The van der Waals surface area contributed by atoms with Crippen molar-refractivity contribution in [2.75, 3.05) is 13.7 Å². The number of hydrogen-bond donors (Lipinski definition) is 2. The van der Waals surface area contributed by atoms with E-state index in [1.807, 2.05) is 0 Å². The Morgan fingerprint density at radius 2 is 2.13 bits per heavy atom. The predicted molar refractivity (Wildman–Crippen MR) is 105 cm³/mol. The highest BCUT2D eigenvalue weighted by Crippen LogP contribution is 2.38. The lowest BCUT2D eigenvalue weighted by Crippen LogP contribution is -2.52. The zero-order valence-electron chi connectivity index (χ0n) is 15.7. The van der Waals surface area contributed by atoms with Crippen molar-refractivity contribution in [3.8, 4) is 5.75 Å². The van der Waals surface area contributed by atoms with Gasteiger partial charge in [-0.15, -0.1) is 0 Å². The number of furan rings is 1. The minimum absolute atomic E-state index is 0.135. The van der Waals surface area contributed by atoms with E-state index in [1.54, 1.807) is 36.7 Å². The van der Waals surface area contributed by atoms with Gasteiger partial charge in [0.15, 0.2) is 5.54 Å². The molecular weight excluding hydrogens is 412 g/mol. The van der Waals surface area contributed by atoms with Gasteiger partial charge in [0.05, 0.1) is 24.2 Å². The second-order valence-electron chi connectivity index (χ2n) is 7.11. The molecule has 4 amide bonds. The highest BCUT2D eigenvalue weighted by atomic mass is 35.5. The Labute approximate surface area is 174 Å². The van der Waals surface area contributed by atoms with Crippen LogP contribution in [0.5, 0.6) is 5.75 Å². The molecule has 2 aromatic heterocycles. The third-order valence-electron chi connectivity index (χ3n) is 5.38. The normalized spacial score (nSPS) is 20.5. The molecular formula is C20H15ClN4O5. The molecule has 0 radical (unpaired) electrons. The number of nitrogens with zero attached hydrogens (tertiary/aromatic N) is 2. The number of fused-ring (bicyclic) bond motifs is 2. The maximum Gasteiger partial charge on any atom is 0.322 e.